The molecule has 1 amide bonds. The molecule has 6 nitrogen and oxygen atoms in total. The molecule has 1 N–H and O–H groups in total. The lowest BCUT2D eigenvalue weighted by molar-refractivity contribution is 0.0209. The Kier molecular flexibility index (Phi) is 4.88. The van der Waals surface area contributed by atoms with Crippen molar-refractivity contribution in [2.45, 2.75) is 63.5 Å². The van der Waals surface area contributed by atoms with E-state index in [2.05, 4.69) is 9.97 Å². The van der Waals surface area contributed by atoms with Gasteiger partial charge in [-0.15, -0.1) is 0 Å². The van der Waals surface area contributed by atoms with E-state index in [4.69, 9.17) is 4.74 Å². The van der Waals surface area contributed by atoms with Crippen LogP contribution in [0.25, 0.3) is 0 Å². The average Bonchev–Trinajstić information content (AvgIpc) is 3.35. The fourth-order valence-corrected chi connectivity index (χ4v) is 4.21. The van der Waals surface area contributed by atoms with Crippen LogP contribution in [0.4, 0.5) is 0 Å². The van der Waals surface area contributed by atoms with Gasteiger partial charge in [-0.05, 0) is 44.4 Å². The topological polar surface area (TPSA) is 75.5 Å². The third-order valence-corrected chi connectivity index (χ3v) is 5.85. The molecule has 1 aliphatic heterocycles. The number of amides is 1. The molecule has 2 aliphatic carbocycles. The highest BCUT2D eigenvalue weighted by atomic mass is 16.5. The Hall–Kier alpha value is -1.69. The maximum absolute atomic E-state index is 12.9. The van der Waals surface area contributed by atoms with Crippen LogP contribution in [-0.2, 0) is 0 Å². The van der Waals surface area contributed by atoms with Crippen LogP contribution in [0.2, 0.25) is 0 Å². The monoisotopic (exact) mass is 345 g/mol. The van der Waals surface area contributed by atoms with E-state index in [-0.39, 0.29) is 24.0 Å². The zero-order chi connectivity index (χ0) is 17.2. The predicted octanol–water partition coefficient (Wildman–Crippen LogP) is 2.42. The van der Waals surface area contributed by atoms with Gasteiger partial charge in [0.25, 0.3) is 5.91 Å². The van der Waals surface area contributed by atoms with Crippen molar-refractivity contribution in [3.8, 4) is 5.88 Å². The number of nitrogens with zero attached hydrogens (tertiary/aromatic N) is 3. The smallest absolute Gasteiger partial charge is 0.274 e. The summed E-state index contributed by atoms with van der Waals surface area (Å²) in [6, 6.07) is 0.135. The number of hydrogen-bond acceptors (Lipinski definition) is 5. The molecule has 3 aliphatic rings. The summed E-state index contributed by atoms with van der Waals surface area (Å²) < 4.78 is 5.59. The Morgan fingerprint density at radius 3 is 2.68 bits per heavy atom. The van der Waals surface area contributed by atoms with Crippen molar-refractivity contribution in [3.63, 3.8) is 0 Å². The molecule has 25 heavy (non-hydrogen) atoms. The van der Waals surface area contributed by atoms with E-state index in [0.717, 1.165) is 45.1 Å². The predicted molar refractivity (Wildman–Crippen MR) is 92.3 cm³/mol. The van der Waals surface area contributed by atoms with E-state index in [1.165, 1.54) is 19.0 Å². The number of carbonyl (C=O) groups is 1. The number of hydrogen-bond donors (Lipinski definition) is 1. The highest BCUT2D eigenvalue weighted by Gasteiger charge is 2.39. The second kappa shape index (κ2) is 7.28. The third kappa shape index (κ3) is 3.78. The van der Waals surface area contributed by atoms with Crippen molar-refractivity contribution in [1.29, 1.82) is 0 Å². The first-order valence-corrected chi connectivity index (χ1v) is 9.66. The Morgan fingerprint density at radius 2 is 1.96 bits per heavy atom. The van der Waals surface area contributed by atoms with Crippen molar-refractivity contribution in [1.82, 2.24) is 14.9 Å². The molecular formula is C19H27N3O3. The third-order valence-electron chi connectivity index (χ3n) is 5.85. The van der Waals surface area contributed by atoms with Crippen LogP contribution in [0.3, 0.4) is 0 Å². The molecule has 0 aromatic carbocycles. The second-order valence-electron chi connectivity index (χ2n) is 7.72. The minimum atomic E-state index is -0.281. The van der Waals surface area contributed by atoms with E-state index >= 15 is 0 Å². The molecule has 6 heteroatoms. The summed E-state index contributed by atoms with van der Waals surface area (Å²) in [6.07, 6.45) is 11.3. The first-order valence-electron chi connectivity index (χ1n) is 9.66. The number of likely N-dealkylation sites (tertiary alicyclic amines) is 1. The van der Waals surface area contributed by atoms with Gasteiger partial charge in [0.05, 0.1) is 25.1 Å². The Labute approximate surface area is 148 Å². The SMILES string of the molecule is O=C(c1cnc(OCC2CC2)cn1)N1CCC[C@@H]1[C@H]1CCCC[C@@H]1O. The number of ether oxygens (including phenoxy) is 1. The largest absolute Gasteiger partial charge is 0.476 e. The summed E-state index contributed by atoms with van der Waals surface area (Å²) in [5.41, 5.74) is 0.371. The highest BCUT2D eigenvalue weighted by molar-refractivity contribution is 5.92. The zero-order valence-corrected chi connectivity index (χ0v) is 14.6. The second-order valence-corrected chi connectivity index (χ2v) is 7.72. The molecule has 136 valence electrons. The van der Waals surface area contributed by atoms with Gasteiger partial charge < -0.3 is 14.7 Å². The number of aromatic nitrogens is 2. The van der Waals surface area contributed by atoms with E-state index < -0.39 is 0 Å². The summed E-state index contributed by atoms with van der Waals surface area (Å²) in [4.78, 5) is 23.3. The lowest BCUT2D eigenvalue weighted by atomic mass is 9.80. The first kappa shape index (κ1) is 16.8. The fraction of sp³-hybridized carbons (Fsp3) is 0.737. The maximum Gasteiger partial charge on any atom is 0.274 e. The van der Waals surface area contributed by atoms with E-state index in [9.17, 15) is 9.90 Å². The van der Waals surface area contributed by atoms with Gasteiger partial charge in [-0.1, -0.05) is 12.8 Å². The van der Waals surface area contributed by atoms with Crippen LogP contribution in [0, 0.1) is 11.8 Å². The highest BCUT2D eigenvalue weighted by Crippen LogP contribution is 2.35. The Morgan fingerprint density at radius 1 is 1.12 bits per heavy atom. The van der Waals surface area contributed by atoms with Crippen LogP contribution in [0.1, 0.15) is 61.9 Å². The normalized spacial score (nSPS) is 29.6. The molecule has 0 spiro atoms. The molecule has 0 bridgehead atoms. The standard InChI is InChI=1S/C19H27N3O3/c23-17-6-2-1-4-14(17)16-5-3-9-22(16)19(24)15-10-21-18(11-20-15)25-12-13-7-8-13/h10-11,13-14,16-17,23H,1-9,12H2/t14-,16-,17+/m1/s1. The Bertz CT molecular complexity index is 602. The van der Waals surface area contributed by atoms with E-state index in [1.807, 2.05) is 4.90 Å². The molecule has 2 saturated carbocycles. The van der Waals surface area contributed by atoms with E-state index in [1.54, 1.807) is 6.20 Å². The van der Waals surface area contributed by atoms with Crippen LogP contribution in [-0.4, -0.2) is 51.2 Å². The summed E-state index contributed by atoms with van der Waals surface area (Å²) in [6.45, 7) is 1.43. The van der Waals surface area contributed by atoms with Gasteiger partial charge in [-0.25, -0.2) is 9.97 Å². The molecular weight excluding hydrogens is 318 g/mol. The molecule has 1 aromatic heterocycles. The van der Waals surface area contributed by atoms with Gasteiger partial charge in [0, 0.05) is 18.5 Å². The van der Waals surface area contributed by atoms with Gasteiger partial charge in [0.1, 0.15) is 5.69 Å². The van der Waals surface area contributed by atoms with Crippen molar-refractivity contribution in [2.75, 3.05) is 13.2 Å². The summed E-state index contributed by atoms with van der Waals surface area (Å²) in [7, 11) is 0. The minimum absolute atomic E-state index is 0.0680. The lowest BCUT2D eigenvalue weighted by Crippen LogP contribution is -2.45. The molecule has 0 radical (unpaired) electrons. The lowest BCUT2D eigenvalue weighted by Gasteiger charge is -2.37. The van der Waals surface area contributed by atoms with Gasteiger partial charge in [0.2, 0.25) is 5.88 Å². The first-order chi connectivity index (χ1) is 12.2. The summed E-state index contributed by atoms with van der Waals surface area (Å²) >= 11 is 0. The van der Waals surface area contributed by atoms with Crippen LogP contribution < -0.4 is 4.74 Å². The minimum Gasteiger partial charge on any atom is -0.476 e. The van der Waals surface area contributed by atoms with Crippen LogP contribution in [0.15, 0.2) is 12.4 Å². The van der Waals surface area contributed by atoms with Crippen LogP contribution >= 0.6 is 0 Å². The number of aliphatic hydroxyl groups excluding tert-OH is 1. The average molecular weight is 345 g/mol. The van der Waals surface area contributed by atoms with Crippen molar-refractivity contribution < 1.29 is 14.6 Å². The molecule has 2 heterocycles. The number of carbonyl (C=O) groups excluding carboxylic acids is 1. The summed E-state index contributed by atoms with van der Waals surface area (Å²) in [5.74, 6) is 1.29. The van der Waals surface area contributed by atoms with Crippen molar-refractivity contribution >= 4 is 5.91 Å². The maximum atomic E-state index is 12.9. The number of aliphatic hydroxyl groups is 1. The van der Waals surface area contributed by atoms with Crippen LogP contribution in [0.5, 0.6) is 5.88 Å². The zero-order valence-electron chi connectivity index (χ0n) is 14.6. The van der Waals surface area contributed by atoms with Crippen molar-refractivity contribution in [2.24, 2.45) is 11.8 Å². The molecule has 4 rings (SSSR count). The molecule has 3 atom stereocenters. The van der Waals surface area contributed by atoms with Gasteiger partial charge in [0.15, 0.2) is 0 Å². The molecule has 3 fully saturated rings. The molecule has 1 aromatic rings. The molecule has 1 saturated heterocycles. The van der Waals surface area contributed by atoms with Crippen molar-refractivity contribution in [3.05, 3.63) is 18.1 Å². The number of rotatable bonds is 5. The van der Waals surface area contributed by atoms with Gasteiger partial charge in [-0.2, -0.15) is 0 Å². The summed E-state index contributed by atoms with van der Waals surface area (Å²) in [5, 5.41) is 10.4. The Balaban J connectivity index is 1.41. The fourth-order valence-electron chi connectivity index (χ4n) is 4.21. The van der Waals surface area contributed by atoms with Gasteiger partial charge >= 0.3 is 0 Å². The van der Waals surface area contributed by atoms with E-state index in [0.29, 0.717) is 24.1 Å². The van der Waals surface area contributed by atoms with Gasteiger partial charge in [-0.3, -0.25) is 4.79 Å². The quantitative estimate of drug-likeness (QED) is 0.887. The molecule has 0 unspecified atom stereocenters.